The molecule has 1 aromatic rings. The normalized spacial score (nSPS) is 21.8. The molecular weight excluding hydrogens is 326 g/mol. The summed E-state index contributed by atoms with van der Waals surface area (Å²) >= 11 is 0. The van der Waals surface area contributed by atoms with Gasteiger partial charge in [0.05, 0.1) is 4.90 Å². The average Bonchev–Trinajstić information content (AvgIpc) is 2.73. The lowest BCUT2D eigenvalue weighted by Crippen LogP contribution is -2.17. The molecule has 0 aromatic heterocycles. The van der Waals surface area contributed by atoms with E-state index in [4.69, 9.17) is 4.74 Å². The molecule has 0 radical (unpaired) electrons. The molecule has 2 rings (SSSR count). The molecule has 23 heavy (non-hydrogen) atoms. The van der Waals surface area contributed by atoms with Crippen LogP contribution < -0.4 is 0 Å². The number of sulfone groups is 1. The minimum Gasteiger partial charge on any atom is -0.454 e. The predicted octanol–water partition coefficient (Wildman–Crippen LogP) is 3.40. The number of alkyl halides is 2. The van der Waals surface area contributed by atoms with Gasteiger partial charge in [0.15, 0.2) is 15.9 Å². The van der Waals surface area contributed by atoms with Gasteiger partial charge >= 0.3 is 5.97 Å². The molecule has 0 aliphatic heterocycles. The summed E-state index contributed by atoms with van der Waals surface area (Å²) in [5.41, 5.74) is 0.686. The van der Waals surface area contributed by atoms with Crippen LogP contribution in [0.1, 0.15) is 55.7 Å². The predicted molar refractivity (Wildman–Crippen MR) is 81.4 cm³/mol. The fraction of sp³-hybridized carbons (Fsp3) is 0.562. The maximum Gasteiger partial charge on any atom is 0.303 e. The highest BCUT2D eigenvalue weighted by Crippen LogP contribution is 2.44. The number of carbonyl (C=O) groups is 1. The van der Waals surface area contributed by atoms with Crippen LogP contribution in [-0.2, 0) is 25.8 Å². The topological polar surface area (TPSA) is 60.4 Å². The van der Waals surface area contributed by atoms with Gasteiger partial charge in [0.2, 0.25) is 0 Å². The highest BCUT2D eigenvalue weighted by molar-refractivity contribution is 7.90. The second kappa shape index (κ2) is 6.55. The molecule has 0 N–H and O–H groups in total. The van der Waals surface area contributed by atoms with Crippen molar-refractivity contribution in [3.63, 3.8) is 0 Å². The fourth-order valence-corrected chi connectivity index (χ4v) is 3.97. The molecular formula is C16H20F2O4S. The third-order valence-electron chi connectivity index (χ3n) is 3.94. The Bertz CT molecular complexity index is 715. The lowest BCUT2D eigenvalue weighted by molar-refractivity contribution is -0.149. The molecule has 1 aliphatic carbocycles. The van der Waals surface area contributed by atoms with Crippen molar-refractivity contribution in [1.29, 1.82) is 0 Å². The van der Waals surface area contributed by atoms with Crippen molar-refractivity contribution in [3.8, 4) is 0 Å². The number of esters is 1. The van der Waals surface area contributed by atoms with Crippen molar-refractivity contribution in [3.05, 3.63) is 28.8 Å². The van der Waals surface area contributed by atoms with E-state index in [1.807, 2.05) is 6.92 Å². The van der Waals surface area contributed by atoms with Crippen LogP contribution in [0.3, 0.4) is 0 Å². The molecule has 0 spiro atoms. The zero-order chi connectivity index (χ0) is 17.4. The van der Waals surface area contributed by atoms with Gasteiger partial charge < -0.3 is 4.74 Å². The quantitative estimate of drug-likeness (QED) is 0.767. The van der Waals surface area contributed by atoms with Crippen LogP contribution in [0, 0.1) is 0 Å². The van der Waals surface area contributed by atoms with E-state index in [0.717, 1.165) is 13.2 Å². The summed E-state index contributed by atoms with van der Waals surface area (Å²) in [5.74, 6) is -0.708. The zero-order valence-corrected chi connectivity index (χ0v) is 14.1. The molecule has 0 saturated carbocycles. The first-order valence-corrected chi connectivity index (χ1v) is 9.37. The van der Waals surface area contributed by atoms with E-state index >= 15 is 0 Å². The first-order valence-electron chi connectivity index (χ1n) is 7.47. The van der Waals surface area contributed by atoms with Crippen LogP contribution >= 0.6 is 0 Å². The third kappa shape index (κ3) is 3.54. The molecule has 0 unspecified atom stereocenters. The summed E-state index contributed by atoms with van der Waals surface area (Å²) in [7, 11) is -3.66. The Kier molecular flexibility index (Phi) is 5.08. The molecule has 3 atom stereocenters. The summed E-state index contributed by atoms with van der Waals surface area (Å²) in [6.45, 7) is 2.96. The number of carbonyl (C=O) groups excluding carboxylic acids is 1. The van der Waals surface area contributed by atoms with E-state index in [0.29, 0.717) is 12.0 Å². The molecule has 1 aromatic carbocycles. The van der Waals surface area contributed by atoms with Gasteiger partial charge in [-0.1, -0.05) is 19.4 Å². The molecule has 0 bridgehead atoms. The number of fused-ring (bicyclic) bond motifs is 1. The second-order valence-corrected chi connectivity index (χ2v) is 7.81. The summed E-state index contributed by atoms with van der Waals surface area (Å²) < 4.78 is 57.6. The molecule has 0 saturated heterocycles. The zero-order valence-electron chi connectivity index (χ0n) is 13.3. The Morgan fingerprint density at radius 2 is 2.09 bits per heavy atom. The molecule has 1 aliphatic rings. The SMILES string of the molecule is CCC[C@H](F)c1ccc(S(C)(=O)=O)c2c1C[C@@H](F)[C@H]2OC(C)=O. The van der Waals surface area contributed by atoms with Gasteiger partial charge in [0, 0.05) is 25.2 Å². The molecule has 0 fully saturated rings. The fourth-order valence-electron chi connectivity index (χ4n) is 3.02. The molecule has 0 heterocycles. The summed E-state index contributed by atoms with van der Waals surface area (Å²) in [4.78, 5) is 11.1. The van der Waals surface area contributed by atoms with Crippen LogP contribution in [0.4, 0.5) is 8.78 Å². The summed E-state index contributed by atoms with van der Waals surface area (Å²) in [6.07, 6.45) is -2.47. The largest absolute Gasteiger partial charge is 0.454 e. The van der Waals surface area contributed by atoms with Gasteiger partial charge in [0.1, 0.15) is 12.3 Å². The molecule has 128 valence electrons. The maximum absolute atomic E-state index is 14.4. The molecule has 4 nitrogen and oxygen atoms in total. The number of ether oxygens (including phenoxy) is 1. The van der Waals surface area contributed by atoms with Crippen LogP contribution in [0.15, 0.2) is 17.0 Å². The summed E-state index contributed by atoms with van der Waals surface area (Å²) in [6, 6.07) is 2.68. The Balaban J connectivity index is 2.65. The highest BCUT2D eigenvalue weighted by Gasteiger charge is 2.41. The van der Waals surface area contributed by atoms with Gasteiger partial charge in [-0.05, 0) is 23.6 Å². The van der Waals surface area contributed by atoms with Crippen molar-refractivity contribution in [2.24, 2.45) is 0 Å². The number of halogens is 2. The minimum atomic E-state index is -3.66. The highest BCUT2D eigenvalue weighted by atomic mass is 32.2. The van der Waals surface area contributed by atoms with Crippen molar-refractivity contribution in [2.45, 2.75) is 56.5 Å². The smallest absolute Gasteiger partial charge is 0.303 e. The van der Waals surface area contributed by atoms with Gasteiger partial charge in [-0.3, -0.25) is 4.79 Å². The van der Waals surface area contributed by atoms with Crippen molar-refractivity contribution in [1.82, 2.24) is 0 Å². The van der Waals surface area contributed by atoms with Gasteiger partial charge in [-0.25, -0.2) is 17.2 Å². The van der Waals surface area contributed by atoms with Crippen molar-refractivity contribution in [2.75, 3.05) is 6.26 Å². The van der Waals surface area contributed by atoms with Gasteiger partial charge in [-0.2, -0.15) is 0 Å². The van der Waals surface area contributed by atoms with Gasteiger partial charge in [0.25, 0.3) is 0 Å². The van der Waals surface area contributed by atoms with Crippen LogP contribution in [0.2, 0.25) is 0 Å². The Hall–Kier alpha value is -1.50. The molecule has 7 heteroatoms. The standard InChI is InChI=1S/C16H20F2O4S/c1-4-5-12(17)10-6-7-14(23(3,20)21)15-11(10)8-13(18)16(15)22-9(2)19/h6-7,12-13,16H,4-5,8H2,1-3H3/t12-,13+,16+/m0/s1. The van der Waals surface area contributed by atoms with Crippen LogP contribution in [-0.4, -0.2) is 26.8 Å². The molecule has 0 amide bonds. The van der Waals surface area contributed by atoms with E-state index in [1.165, 1.54) is 12.1 Å². The Labute approximate surface area is 134 Å². The van der Waals surface area contributed by atoms with E-state index < -0.39 is 34.3 Å². The maximum atomic E-state index is 14.4. The van der Waals surface area contributed by atoms with E-state index in [9.17, 15) is 22.0 Å². The lowest BCUT2D eigenvalue weighted by Gasteiger charge is -2.18. The van der Waals surface area contributed by atoms with Gasteiger partial charge in [-0.15, -0.1) is 0 Å². The summed E-state index contributed by atoms with van der Waals surface area (Å²) in [5, 5.41) is 0. The van der Waals surface area contributed by atoms with Crippen LogP contribution in [0.25, 0.3) is 0 Å². The number of benzene rings is 1. The van der Waals surface area contributed by atoms with E-state index in [-0.39, 0.29) is 28.9 Å². The first kappa shape index (κ1) is 17.8. The average molecular weight is 346 g/mol. The number of rotatable bonds is 5. The Morgan fingerprint density at radius 1 is 1.43 bits per heavy atom. The first-order chi connectivity index (χ1) is 10.7. The monoisotopic (exact) mass is 346 g/mol. The van der Waals surface area contributed by atoms with E-state index in [2.05, 4.69) is 0 Å². The van der Waals surface area contributed by atoms with Crippen molar-refractivity contribution >= 4 is 15.8 Å². The van der Waals surface area contributed by atoms with Crippen molar-refractivity contribution < 1.29 is 26.7 Å². The third-order valence-corrected chi connectivity index (χ3v) is 5.09. The van der Waals surface area contributed by atoms with Crippen LogP contribution in [0.5, 0.6) is 0 Å². The lowest BCUT2D eigenvalue weighted by atomic mass is 9.97. The second-order valence-electron chi connectivity index (χ2n) is 5.82. The van der Waals surface area contributed by atoms with E-state index in [1.54, 1.807) is 0 Å². The number of hydrogen-bond donors (Lipinski definition) is 0. The number of hydrogen-bond acceptors (Lipinski definition) is 4. The Morgan fingerprint density at radius 3 is 2.61 bits per heavy atom. The minimum absolute atomic E-state index is 0.0893.